The van der Waals surface area contributed by atoms with E-state index in [1.165, 1.54) is 0 Å². The summed E-state index contributed by atoms with van der Waals surface area (Å²) < 4.78 is 0.981. The van der Waals surface area contributed by atoms with Crippen LogP contribution in [0.2, 0.25) is 0 Å². The molecule has 0 aliphatic heterocycles. The molecule has 0 unspecified atom stereocenters. The minimum absolute atomic E-state index is 0.211. The van der Waals surface area contributed by atoms with E-state index in [1.54, 1.807) is 6.20 Å². The Balaban J connectivity index is 1.65. The van der Waals surface area contributed by atoms with Gasteiger partial charge in [0.2, 0.25) is 0 Å². The number of benzene rings is 2. The molecule has 126 valence electrons. The third-order valence-corrected chi connectivity index (χ3v) is 5.06. The van der Waals surface area contributed by atoms with Crippen molar-refractivity contribution in [3.8, 4) is 22.5 Å². The first-order chi connectivity index (χ1) is 12.7. The Morgan fingerprint density at radius 1 is 0.885 bits per heavy atom. The monoisotopic (exact) mass is 404 g/mol. The number of H-pyrrole nitrogens is 3. The Labute approximate surface area is 156 Å². The first kappa shape index (κ1) is 15.2. The van der Waals surface area contributed by atoms with Gasteiger partial charge in [-0.1, -0.05) is 40.2 Å². The molecule has 0 amide bonds. The molecule has 0 fully saturated rings. The van der Waals surface area contributed by atoms with Crippen LogP contribution in [-0.4, -0.2) is 19.9 Å². The lowest BCUT2D eigenvalue weighted by atomic mass is 10.1. The molecule has 5 aromatic rings. The molecule has 0 atom stereocenters. The number of rotatable bonds is 2. The van der Waals surface area contributed by atoms with E-state index in [2.05, 4.69) is 35.9 Å². The number of hydrogen-bond donors (Lipinski definition) is 3. The van der Waals surface area contributed by atoms with Crippen molar-refractivity contribution >= 4 is 37.7 Å². The number of para-hydroxylation sites is 1. The molecule has 3 N–H and O–H groups in total. The number of fused-ring (bicyclic) bond motifs is 2. The van der Waals surface area contributed by atoms with E-state index >= 15 is 0 Å². The summed E-state index contributed by atoms with van der Waals surface area (Å²) in [6, 6.07) is 13.9. The van der Waals surface area contributed by atoms with Crippen molar-refractivity contribution < 1.29 is 0 Å². The Kier molecular flexibility index (Phi) is 3.33. The maximum atomic E-state index is 12.7. The first-order valence-electron chi connectivity index (χ1n) is 8.13. The number of aromatic nitrogens is 4. The van der Waals surface area contributed by atoms with Gasteiger partial charge < -0.3 is 15.0 Å². The van der Waals surface area contributed by atoms with Gasteiger partial charge in [0.05, 0.1) is 11.9 Å². The maximum absolute atomic E-state index is 12.7. The van der Waals surface area contributed by atoms with Crippen LogP contribution in [0.25, 0.3) is 44.3 Å². The molecule has 0 bridgehead atoms. The van der Waals surface area contributed by atoms with E-state index < -0.39 is 0 Å². The molecule has 0 spiro atoms. The fraction of sp³-hybridized carbons (Fsp3) is 0. The Morgan fingerprint density at radius 2 is 1.65 bits per heavy atom. The Hall–Kier alpha value is -3.12. The van der Waals surface area contributed by atoms with Gasteiger partial charge in [0.25, 0.3) is 5.56 Å². The summed E-state index contributed by atoms with van der Waals surface area (Å²) in [5.74, 6) is 0. The summed E-state index contributed by atoms with van der Waals surface area (Å²) in [6.45, 7) is 0. The van der Waals surface area contributed by atoms with Crippen LogP contribution in [0.3, 0.4) is 0 Å². The van der Waals surface area contributed by atoms with Crippen LogP contribution in [-0.2, 0) is 0 Å². The van der Waals surface area contributed by atoms with Gasteiger partial charge in [0.15, 0.2) is 0 Å². The van der Waals surface area contributed by atoms with Crippen LogP contribution < -0.4 is 5.56 Å². The number of nitrogens with one attached hydrogen (secondary N) is 3. The second-order valence-corrected chi connectivity index (χ2v) is 7.03. The van der Waals surface area contributed by atoms with Crippen LogP contribution in [0, 0.1) is 0 Å². The Bertz CT molecular complexity index is 1330. The van der Waals surface area contributed by atoms with Crippen molar-refractivity contribution in [2.24, 2.45) is 0 Å². The highest BCUT2D eigenvalue weighted by atomic mass is 79.9. The molecule has 5 nitrogen and oxygen atoms in total. The lowest BCUT2D eigenvalue weighted by molar-refractivity contribution is 1.15. The van der Waals surface area contributed by atoms with Gasteiger partial charge in [-0.3, -0.25) is 4.79 Å². The van der Waals surface area contributed by atoms with E-state index in [-0.39, 0.29) is 5.56 Å². The predicted octanol–water partition coefficient (Wildman–Crippen LogP) is 4.83. The van der Waals surface area contributed by atoms with Gasteiger partial charge in [-0.05, 0) is 18.2 Å². The average molecular weight is 405 g/mol. The maximum Gasteiger partial charge on any atom is 0.275 e. The molecule has 26 heavy (non-hydrogen) atoms. The molecule has 5 rings (SSSR count). The fourth-order valence-corrected chi connectivity index (χ4v) is 3.68. The molecule has 3 heterocycles. The van der Waals surface area contributed by atoms with E-state index in [9.17, 15) is 4.79 Å². The highest BCUT2D eigenvalue weighted by Crippen LogP contribution is 2.29. The van der Waals surface area contributed by atoms with Gasteiger partial charge in [0.1, 0.15) is 5.69 Å². The number of aromatic amines is 3. The van der Waals surface area contributed by atoms with Crippen molar-refractivity contribution in [3.05, 3.63) is 75.9 Å². The fourth-order valence-electron chi connectivity index (χ4n) is 3.32. The third-order valence-electron chi connectivity index (χ3n) is 4.56. The van der Waals surface area contributed by atoms with Crippen LogP contribution in [0.4, 0.5) is 0 Å². The zero-order valence-electron chi connectivity index (χ0n) is 13.5. The number of halogens is 1. The van der Waals surface area contributed by atoms with E-state index in [0.29, 0.717) is 11.4 Å². The van der Waals surface area contributed by atoms with Crippen LogP contribution in [0.15, 0.2) is 70.3 Å². The summed E-state index contributed by atoms with van der Waals surface area (Å²) in [5.41, 5.74) is 4.59. The standard InChI is InChI=1S/C20H13BrN4O/c21-11-5-6-13-15(9-23-17(13)7-11)19-20(26)25-18(10-24-19)14-8-22-16-4-2-1-3-12(14)16/h1-10,22-23H,(H,25,26). The van der Waals surface area contributed by atoms with Gasteiger partial charge in [-0.2, -0.15) is 0 Å². The van der Waals surface area contributed by atoms with Gasteiger partial charge in [-0.25, -0.2) is 4.98 Å². The summed E-state index contributed by atoms with van der Waals surface area (Å²) in [6.07, 6.45) is 5.42. The normalized spacial score (nSPS) is 11.4. The Morgan fingerprint density at radius 3 is 2.54 bits per heavy atom. The molecule has 0 radical (unpaired) electrons. The average Bonchev–Trinajstić information content (AvgIpc) is 3.25. The second-order valence-electron chi connectivity index (χ2n) is 6.11. The van der Waals surface area contributed by atoms with Crippen LogP contribution >= 0.6 is 15.9 Å². The lowest BCUT2D eigenvalue weighted by Crippen LogP contribution is -2.11. The van der Waals surface area contributed by atoms with Crippen molar-refractivity contribution in [2.75, 3.05) is 0 Å². The molecule has 0 aliphatic rings. The van der Waals surface area contributed by atoms with E-state index in [4.69, 9.17) is 0 Å². The quantitative estimate of drug-likeness (QED) is 0.394. The predicted molar refractivity (Wildman–Crippen MR) is 107 cm³/mol. The topological polar surface area (TPSA) is 77.3 Å². The van der Waals surface area contributed by atoms with Gasteiger partial charge >= 0.3 is 0 Å². The summed E-state index contributed by atoms with van der Waals surface area (Å²) >= 11 is 3.46. The second kappa shape index (κ2) is 5.71. The van der Waals surface area contributed by atoms with Crippen LogP contribution in [0.5, 0.6) is 0 Å². The molecule has 6 heteroatoms. The largest absolute Gasteiger partial charge is 0.360 e. The molecular weight excluding hydrogens is 392 g/mol. The smallest absolute Gasteiger partial charge is 0.275 e. The third kappa shape index (κ3) is 2.30. The van der Waals surface area contributed by atoms with Crippen molar-refractivity contribution in [2.45, 2.75) is 0 Å². The summed E-state index contributed by atoms with van der Waals surface area (Å²) in [5, 5.41) is 2.01. The number of hydrogen-bond acceptors (Lipinski definition) is 2. The van der Waals surface area contributed by atoms with Crippen LogP contribution in [0.1, 0.15) is 0 Å². The van der Waals surface area contributed by atoms with Crippen molar-refractivity contribution in [1.82, 2.24) is 19.9 Å². The highest BCUT2D eigenvalue weighted by molar-refractivity contribution is 9.10. The SMILES string of the molecule is O=c1[nH]c(-c2c[nH]c3ccccc23)cnc1-c1c[nH]c2cc(Br)ccc12. The summed E-state index contributed by atoms with van der Waals surface area (Å²) in [4.78, 5) is 26.6. The minimum Gasteiger partial charge on any atom is -0.360 e. The molecule has 3 aromatic heterocycles. The van der Waals surface area contributed by atoms with Gasteiger partial charge in [0, 0.05) is 49.8 Å². The van der Waals surface area contributed by atoms with E-state index in [1.807, 2.05) is 54.9 Å². The zero-order valence-corrected chi connectivity index (χ0v) is 15.1. The van der Waals surface area contributed by atoms with E-state index in [0.717, 1.165) is 37.4 Å². The molecule has 0 saturated carbocycles. The molecule has 2 aromatic carbocycles. The zero-order chi connectivity index (χ0) is 17.7. The number of nitrogens with zero attached hydrogens (tertiary/aromatic N) is 1. The minimum atomic E-state index is -0.211. The molecular formula is C20H13BrN4O. The molecule has 0 saturated heterocycles. The highest BCUT2D eigenvalue weighted by Gasteiger charge is 2.13. The molecule has 0 aliphatic carbocycles. The van der Waals surface area contributed by atoms with Gasteiger partial charge in [-0.15, -0.1) is 0 Å². The first-order valence-corrected chi connectivity index (χ1v) is 8.93. The lowest BCUT2D eigenvalue weighted by Gasteiger charge is -2.02. The summed E-state index contributed by atoms with van der Waals surface area (Å²) in [7, 11) is 0. The van der Waals surface area contributed by atoms with Crippen molar-refractivity contribution in [3.63, 3.8) is 0 Å². The van der Waals surface area contributed by atoms with Crippen molar-refractivity contribution in [1.29, 1.82) is 0 Å².